The molecule has 0 heterocycles. The van der Waals surface area contributed by atoms with Crippen LogP contribution in [0.1, 0.15) is 24.2 Å². The van der Waals surface area contributed by atoms with Gasteiger partial charge < -0.3 is 10.4 Å². The lowest BCUT2D eigenvalue weighted by atomic mass is 10.1. The van der Waals surface area contributed by atoms with Gasteiger partial charge in [-0.1, -0.05) is 6.92 Å². The minimum atomic E-state index is -1.48. The van der Waals surface area contributed by atoms with Crippen molar-refractivity contribution in [2.45, 2.75) is 19.9 Å². The van der Waals surface area contributed by atoms with Gasteiger partial charge in [0.05, 0.1) is 11.3 Å². The number of carboxylic acids is 1. The Morgan fingerprint density at radius 3 is 2.67 bits per heavy atom. The van der Waals surface area contributed by atoms with Gasteiger partial charge in [-0.15, -0.1) is 0 Å². The predicted molar refractivity (Wildman–Crippen MR) is 69.4 cm³/mol. The van der Waals surface area contributed by atoms with E-state index in [0.29, 0.717) is 0 Å². The third-order valence-corrected chi connectivity index (χ3v) is 3.43. The third kappa shape index (κ3) is 3.60. The van der Waals surface area contributed by atoms with Crippen LogP contribution >= 0.6 is 11.8 Å². The van der Waals surface area contributed by atoms with Gasteiger partial charge >= 0.3 is 5.97 Å². The van der Waals surface area contributed by atoms with E-state index >= 15 is 0 Å². The van der Waals surface area contributed by atoms with Crippen LogP contribution in [0.5, 0.6) is 0 Å². The summed E-state index contributed by atoms with van der Waals surface area (Å²) in [5.74, 6) is -2.25. The van der Waals surface area contributed by atoms with Gasteiger partial charge in [0.15, 0.2) is 11.6 Å². The maximum atomic E-state index is 13.6. The Morgan fingerprint density at radius 1 is 1.44 bits per heavy atom. The average Bonchev–Trinajstić information content (AvgIpc) is 2.32. The summed E-state index contributed by atoms with van der Waals surface area (Å²) >= 11 is 1.68. The number of thioether (sulfide) groups is 1. The molecule has 1 unspecified atom stereocenters. The Kier molecular flexibility index (Phi) is 5.40. The van der Waals surface area contributed by atoms with Gasteiger partial charge in [0.1, 0.15) is 0 Å². The van der Waals surface area contributed by atoms with Crippen LogP contribution in [0.15, 0.2) is 12.1 Å². The molecule has 0 aliphatic rings. The molecule has 0 fully saturated rings. The van der Waals surface area contributed by atoms with E-state index in [1.807, 2.05) is 13.8 Å². The number of aromatic carboxylic acids is 1. The molecule has 0 aromatic heterocycles. The lowest BCUT2D eigenvalue weighted by Crippen LogP contribution is -2.19. The molecule has 0 spiro atoms. The summed E-state index contributed by atoms with van der Waals surface area (Å²) in [6, 6.07) is 2.28. The molecule has 0 bridgehead atoms. The lowest BCUT2D eigenvalue weighted by Gasteiger charge is -2.15. The highest BCUT2D eigenvalue weighted by molar-refractivity contribution is 7.99. The van der Waals surface area contributed by atoms with Crippen molar-refractivity contribution in [3.63, 3.8) is 0 Å². The smallest absolute Gasteiger partial charge is 0.338 e. The van der Waals surface area contributed by atoms with E-state index in [2.05, 4.69) is 5.32 Å². The monoisotopic (exact) mass is 275 g/mol. The minimum absolute atomic E-state index is 0.0123. The number of hydrogen-bond acceptors (Lipinski definition) is 3. The van der Waals surface area contributed by atoms with Gasteiger partial charge in [0.2, 0.25) is 0 Å². The molecular formula is C12H15F2NO2S. The van der Waals surface area contributed by atoms with Crippen LogP contribution in [0, 0.1) is 11.6 Å². The van der Waals surface area contributed by atoms with Crippen molar-refractivity contribution < 1.29 is 18.7 Å². The fourth-order valence-corrected chi connectivity index (χ4v) is 2.10. The molecule has 1 aromatic rings. The Hall–Kier alpha value is -1.30. The fraction of sp³-hybridized carbons (Fsp3) is 0.417. The highest BCUT2D eigenvalue weighted by Crippen LogP contribution is 2.22. The Labute approximate surface area is 109 Å². The minimum Gasteiger partial charge on any atom is -0.478 e. The van der Waals surface area contributed by atoms with Crippen molar-refractivity contribution in [2.24, 2.45) is 0 Å². The molecule has 3 nitrogen and oxygen atoms in total. The van der Waals surface area contributed by atoms with Gasteiger partial charge in [-0.05, 0) is 24.8 Å². The molecular weight excluding hydrogens is 260 g/mol. The van der Waals surface area contributed by atoms with Crippen LogP contribution in [0.4, 0.5) is 14.5 Å². The number of hydrogen-bond donors (Lipinski definition) is 2. The summed E-state index contributed by atoms with van der Waals surface area (Å²) in [6.07, 6.45) is 0. The molecule has 1 aromatic carbocycles. The summed E-state index contributed by atoms with van der Waals surface area (Å²) in [5.41, 5.74) is -0.671. The molecule has 1 atom stereocenters. The topological polar surface area (TPSA) is 49.3 Å². The van der Waals surface area contributed by atoms with Crippen molar-refractivity contribution in [3.05, 3.63) is 29.3 Å². The Bertz CT molecular complexity index is 440. The average molecular weight is 275 g/mol. The van der Waals surface area contributed by atoms with E-state index in [9.17, 15) is 13.6 Å². The van der Waals surface area contributed by atoms with Gasteiger partial charge in [-0.25, -0.2) is 13.6 Å². The first-order valence-electron chi connectivity index (χ1n) is 5.53. The third-order valence-electron chi connectivity index (χ3n) is 2.29. The molecule has 0 radical (unpaired) electrons. The second-order valence-electron chi connectivity index (χ2n) is 3.80. The summed E-state index contributed by atoms with van der Waals surface area (Å²) in [5, 5.41) is 11.5. The van der Waals surface area contributed by atoms with Gasteiger partial charge in [-0.2, -0.15) is 11.8 Å². The number of carboxylic acid groups (broad SMARTS) is 1. The predicted octanol–water partition coefficient (Wildman–Crippen LogP) is 3.22. The maximum Gasteiger partial charge on any atom is 0.338 e. The van der Waals surface area contributed by atoms with Gasteiger partial charge in [-0.3, -0.25) is 0 Å². The summed E-state index contributed by atoms with van der Waals surface area (Å²) < 4.78 is 27.0. The highest BCUT2D eigenvalue weighted by Gasteiger charge is 2.18. The highest BCUT2D eigenvalue weighted by atomic mass is 32.2. The summed E-state index contributed by atoms with van der Waals surface area (Å²) in [7, 11) is 0. The zero-order valence-electron chi connectivity index (χ0n) is 10.2. The van der Waals surface area contributed by atoms with Gasteiger partial charge in [0, 0.05) is 11.8 Å². The molecule has 0 amide bonds. The first-order chi connectivity index (χ1) is 8.47. The molecule has 1 rings (SSSR count). The van der Waals surface area contributed by atoms with E-state index in [1.165, 1.54) is 6.07 Å². The van der Waals surface area contributed by atoms with Crippen LogP contribution in [0.3, 0.4) is 0 Å². The van der Waals surface area contributed by atoms with E-state index in [4.69, 9.17) is 5.11 Å². The fourth-order valence-electron chi connectivity index (χ4n) is 1.43. The molecule has 18 heavy (non-hydrogen) atoms. The van der Waals surface area contributed by atoms with Crippen molar-refractivity contribution in [1.29, 1.82) is 0 Å². The molecule has 0 aliphatic heterocycles. The zero-order valence-corrected chi connectivity index (χ0v) is 11.0. The quantitative estimate of drug-likeness (QED) is 0.837. The number of anilines is 1. The van der Waals surface area contributed by atoms with Crippen molar-refractivity contribution in [3.8, 4) is 0 Å². The second-order valence-corrected chi connectivity index (χ2v) is 5.12. The standard InChI is InChI=1S/C12H15F2NO2S/c1-3-18-6-7(2)15-9-5-4-8(12(16)17)10(13)11(9)14/h4-5,7,15H,3,6H2,1-2H3,(H,16,17). The van der Waals surface area contributed by atoms with Crippen LogP contribution in [0.25, 0.3) is 0 Å². The van der Waals surface area contributed by atoms with E-state index < -0.39 is 23.2 Å². The molecule has 2 N–H and O–H groups in total. The SMILES string of the molecule is CCSCC(C)Nc1ccc(C(=O)O)c(F)c1F. The zero-order chi connectivity index (χ0) is 13.7. The van der Waals surface area contributed by atoms with Crippen molar-refractivity contribution >= 4 is 23.4 Å². The Morgan fingerprint density at radius 2 is 2.11 bits per heavy atom. The molecule has 0 saturated carbocycles. The molecule has 0 saturated heterocycles. The summed E-state index contributed by atoms with van der Waals surface area (Å²) in [4.78, 5) is 10.6. The van der Waals surface area contributed by atoms with Crippen LogP contribution in [-0.2, 0) is 0 Å². The number of benzene rings is 1. The number of carbonyl (C=O) groups is 1. The van der Waals surface area contributed by atoms with Crippen LogP contribution < -0.4 is 5.32 Å². The number of halogens is 2. The second kappa shape index (κ2) is 6.58. The lowest BCUT2D eigenvalue weighted by molar-refractivity contribution is 0.0690. The summed E-state index contributed by atoms with van der Waals surface area (Å²) in [6.45, 7) is 3.87. The van der Waals surface area contributed by atoms with Gasteiger partial charge in [0.25, 0.3) is 0 Å². The van der Waals surface area contributed by atoms with Crippen molar-refractivity contribution in [1.82, 2.24) is 0 Å². The first-order valence-corrected chi connectivity index (χ1v) is 6.68. The largest absolute Gasteiger partial charge is 0.478 e. The van der Waals surface area contributed by atoms with Crippen LogP contribution in [-0.4, -0.2) is 28.6 Å². The van der Waals surface area contributed by atoms with E-state index in [1.54, 1.807) is 11.8 Å². The maximum absolute atomic E-state index is 13.6. The molecule has 6 heteroatoms. The molecule has 0 aliphatic carbocycles. The number of rotatable bonds is 6. The Balaban J connectivity index is 2.85. The normalized spacial score (nSPS) is 12.2. The van der Waals surface area contributed by atoms with E-state index in [0.717, 1.165) is 17.6 Å². The molecule has 100 valence electrons. The van der Waals surface area contributed by atoms with Crippen molar-refractivity contribution in [2.75, 3.05) is 16.8 Å². The van der Waals surface area contributed by atoms with Crippen LogP contribution in [0.2, 0.25) is 0 Å². The van der Waals surface area contributed by atoms with E-state index in [-0.39, 0.29) is 11.7 Å². The first kappa shape index (κ1) is 14.8. The number of nitrogens with one attached hydrogen (secondary N) is 1.